The molecule has 0 radical (unpaired) electrons. The molecule has 1 aromatic carbocycles. The van der Waals surface area contributed by atoms with Gasteiger partial charge in [-0.3, -0.25) is 5.32 Å². The molecule has 1 atom stereocenters. The Morgan fingerprint density at radius 3 is 2.94 bits per heavy atom. The summed E-state index contributed by atoms with van der Waals surface area (Å²) in [5.74, 6) is -0.779. The van der Waals surface area contributed by atoms with E-state index in [0.29, 0.717) is 18.7 Å². The average molecular weight is 251 g/mol. The Kier molecular flexibility index (Phi) is 5.52. The number of carbonyl (C=O) groups excluding carboxylic acids is 1. The van der Waals surface area contributed by atoms with Crippen LogP contribution < -0.4 is 5.32 Å². The van der Waals surface area contributed by atoms with E-state index in [1.807, 2.05) is 6.92 Å². The van der Waals surface area contributed by atoms with Crippen molar-refractivity contribution in [3.05, 3.63) is 47.8 Å². The molecular weight excluding hydrogens is 233 g/mol. The number of esters is 1. The number of carbonyl (C=O) groups is 1. The fourth-order valence-corrected chi connectivity index (χ4v) is 1.67. The molecule has 1 aromatic rings. The summed E-state index contributed by atoms with van der Waals surface area (Å²) in [7, 11) is 0. The normalized spacial score (nSPS) is 11.9. The van der Waals surface area contributed by atoms with Crippen LogP contribution in [-0.4, -0.2) is 19.1 Å². The summed E-state index contributed by atoms with van der Waals surface area (Å²) >= 11 is 0. The van der Waals surface area contributed by atoms with Crippen LogP contribution in [-0.2, 0) is 9.53 Å². The van der Waals surface area contributed by atoms with Crippen LogP contribution in [0.2, 0.25) is 0 Å². The predicted molar refractivity (Wildman–Crippen MR) is 68.7 cm³/mol. The van der Waals surface area contributed by atoms with Gasteiger partial charge in [0.25, 0.3) is 0 Å². The summed E-state index contributed by atoms with van der Waals surface area (Å²) in [6.45, 7) is 7.88. The van der Waals surface area contributed by atoms with Gasteiger partial charge in [0.1, 0.15) is 11.9 Å². The van der Waals surface area contributed by atoms with Gasteiger partial charge in [-0.15, -0.1) is 6.58 Å². The molecule has 98 valence electrons. The van der Waals surface area contributed by atoms with Crippen molar-refractivity contribution in [3.8, 4) is 0 Å². The highest BCUT2D eigenvalue weighted by atomic mass is 19.1. The van der Waals surface area contributed by atoms with Crippen molar-refractivity contribution in [2.45, 2.75) is 19.9 Å². The molecule has 0 spiro atoms. The van der Waals surface area contributed by atoms with Gasteiger partial charge in [0.2, 0.25) is 0 Å². The molecular formula is C14H18FNO2. The number of ether oxygens (including phenoxy) is 1. The molecule has 0 aliphatic heterocycles. The van der Waals surface area contributed by atoms with E-state index in [2.05, 4.69) is 11.9 Å². The summed E-state index contributed by atoms with van der Waals surface area (Å²) in [6, 6.07) is 3.70. The lowest BCUT2D eigenvalue weighted by atomic mass is 10.0. The van der Waals surface area contributed by atoms with Crippen molar-refractivity contribution in [1.29, 1.82) is 0 Å². The van der Waals surface area contributed by atoms with Crippen LogP contribution in [0.5, 0.6) is 0 Å². The predicted octanol–water partition coefficient (Wildman–Crippen LogP) is 2.51. The van der Waals surface area contributed by atoms with Gasteiger partial charge in [0.05, 0.1) is 6.61 Å². The second kappa shape index (κ2) is 6.91. The third-order valence-electron chi connectivity index (χ3n) is 2.54. The van der Waals surface area contributed by atoms with Gasteiger partial charge in [-0.05, 0) is 37.1 Å². The molecule has 0 saturated heterocycles. The summed E-state index contributed by atoms with van der Waals surface area (Å²) in [5, 5.41) is 2.98. The lowest BCUT2D eigenvalue weighted by molar-refractivity contribution is -0.145. The fourth-order valence-electron chi connectivity index (χ4n) is 1.67. The Morgan fingerprint density at radius 2 is 2.33 bits per heavy atom. The maximum Gasteiger partial charge on any atom is 0.327 e. The van der Waals surface area contributed by atoms with E-state index in [1.54, 1.807) is 19.1 Å². The number of nitrogens with one attached hydrogen (secondary N) is 1. The average Bonchev–Trinajstić information content (AvgIpc) is 2.34. The Balaban J connectivity index is 3.03. The maximum atomic E-state index is 13.3. The van der Waals surface area contributed by atoms with Crippen LogP contribution in [0.4, 0.5) is 4.39 Å². The van der Waals surface area contributed by atoms with Crippen molar-refractivity contribution in [2.24, 2.45) is 0 Å². The first kappa shape index (κ1) is 14.4. The van der Waals surface area contributed by atoms with Crippen molar-refractivity contribution in [3.63, 3.8) is 0 Å². The Hall–Kier alpha value is -1.68. The Labute approximate surface area is 107 Å². The first-order valence-electron chi connectivity index (χ1n) is 5.87. The van der Waals surface area contributed by atoms with E-state index in [1.165, 1.54) is 12.1 Å². The van der Waals surface area contributed by atoms with E-state index in [-0.39, 0.29) is 5.82 Å². The molecule has 1 N–H and O–H groups in total. The van der Waals surface area contributed by atoms with Crippen molar-refractivity contribution in [1.82, 2.24) is 5.32 Å². The number of benzene rings is 1. The number of hydrogen-bond donors (Lipinski definition) is 1. The lowest BCUT2D eigenvalue weighted by Crippen LogP contribution is -2.31. The number of hydrogen-bond acceptors (Lipinski definition) is 3. The molecule has 0 bridgehead atoms. The van der Waals surface area contributed by atoms with Crippen LogP contribution in [0.3, 0.4) is 0 Å². The topological polar surface area (TPSA) is 38.3 Å². The van der Waals surface area contributed by atoms with Crippen LogP contribution in [0.15, 0.2) is 30.9 Å². The molecule has 1 unspecified atom stereocenters. The molecule has 0 saturated carbocycles. The zero-order valence-electron chi connectivity index (χ0n) is 10.7. The molecule has 0 amide bonds. The molecule has 0 aliphatic rings. The first-order chi connectivity index (χ1) is 8.60. The fraction of sp³-hybridized carbons (Fsp3) is 0.357. The third kappa shape index (κ3) is 3.67. The zero-order chi connectivity index (χ0) is 13.5. The van der Waals surface area contributed by atoms with Crippen LogP contribution in [0.25, 0.3) is 0 Å². The van der Waals surface area contributed by atoms with Crippen molar-refractivity contribution in [2.75, 3.05) is 13.2 Å². The van der Waals surface area contributed by atoms with E-state index in [9.17, 15) is 9.18 Å². The van der Waals surface area contributed by atoms with Crippen LogP contribution in [0.1, 0.15) is 24.1 Å². The van der Waals surface area contributed by atoms with E-state index in [0.717, 1.165) is 5.56 Å². The third-order valence-corrected chi connectivity index (χ3v) is 2.54. The van der Waals surface area contributed by atoms with Crippen molar-refractivity contribution < 1.29 is 13.9 Å². The highest BCUT2D eigenvalue weighted by molar-refractivity contribution is 5.78. The molecule has 4 heteroatoms. The van der Waals surface area contributed by atoms with Gasteiger partial charge >= 0.3 is 5.97 Å². The zero-order valence-corrected chi connectivity index (χ0v) is 10.7. The first-order valence-corrected chi connectivity index (χ1v) is 5.87. The summed E-state index contributed by atoms with van der Waals surface area (Å²) in [6.07, 6.45) is 1.64. The molecule has 0 aromatic heterocycles. The lowest BCUT2D eigenvalue weighted by Gasteiger charge is -2.18. The summed E-state index contributed by atoms with van der Waals surface area (Å²) < 4.78 is 18.3. The SMILES string of the molecule is C=CCNC(C(=O)OCC)c1cc(F)ccc1C. The van der Waals surface area contributed by atoms with E-state index in [4.69, 9.17) is 4.74 Å². The molecule has 18 heavy (non-hydrogen) atoms. The second-order valence-electron chi connectivity index (χ2n) is 3.88. The van der Waals surface area contributed by atoms with Gasteiger partial charge in [-0.25, -0.2) is 9.18 Å². The summed E-state index contributed by atoms with van der Waals surface area (Å²) in [4.78, 5) is 11.9. The second-order valence-corrected chi connectivity index (χ2v) is 3.88. The number of aryl methyl sites for hydroxylation is 1. The monoisotopic (exact) mass is 251 g/mol. The number of halogens is 1. The van der Waals surface area contributed by atoms with Gasteiger partial charge in [-0.2, -0.15) is 0 Å². The highest BCUT2D eigenvalue weighted by Gasteiger charge is 2.23. The molecule has 0 heterocycles. The quantitative estimate of drug-likeness (QED) is 0.623. The number of rotatable bonds is 6. The van der Waals surface area contributed by atoms with Crippen LogP contribution >= 0.6 is 0 Å². The van der Waals surface area contributed by atoms with Gasteiger partial charge < -0.3 is 4.74 Å². The summed E-state index contributed by atoms with van der Waals surface area (Å²) in [5.41, 5.74) is 1.43. The van der Waals surface area contributed by atoms with Crippen molar-refractivity contribution >= 4 is 5.97 Å². The minimum absolute atomic E-state index is 0.291. The van der Waals surface area contributed by atoms with Gasteiger partial charge in [0.15, 0.2) is 0 Å². The Morgan fingerprint density at radius 1 is 1.61 bits per heavy atom. The highest BCUT2D eigenvalue weighted by Crippen LogP contribution is 2.20. The minimum Gasteiger partial charge on any atom is -0.465 e. The van der Waals surface area contributed by atoms with Crippen LogP contribution in [0, 0.1) is 12.7 Å². The maximum absolute atomic E-state index is 13.3. The van der Waals surface area contributed by atoms with Gasteiger partial charge in [-0.1, -0.05) is 12.1 Å². The Bertz CT molecular complexity index is 432. The molecule has 0 aliphatic carbocycles. The van der Waals surface area contributed by atoms with Gasteiger partial charge in [0, 0.05) is 6.54 Å². The molecule has 3 nitrogen and oxygen atoms in total. The van der Waals surface area contributed by atoms with E-state index >= 15 is 0 Å². The molecule has 0 fully saturated rings. The standard InChI is InChI=1S/C14H18FNO2/c1-4-8-16-13(14(17)18-5-2)12-9-11(15)7-6-10(12)3/h4,6-7,9,13,16H,1,5,8H2,2-3H3. The molecule has 1 rings (SSSR count). The minimum atomic E-state index is -0.668. The smallest absolute Gasteiger partial charge is 0.327 e. The largest absolute Gasteiger partial charge is 0.465 e. The van der Waals surface area contributed by atoms with E-state index < -0.39 is 12.0 Å².